The topological polar surface area (TPSA) is 15.3 Å². The Balaban J connectivity index is 1.81. The van der Waals surface area contributed by atoms with Gasteiger partial charge in [0.1, 0.15) is 0 Å². The Morgan fingerprint density at radius 3 is 2.11 bits per heavy atom. The summed E-state index contributed by atoms with van der Waals surface area (Å²) in [5.74, 6) is 0.962. The van der Waals surface area contributed by atoms with Crippen molar-refractivity contribution in [1.29, 1.82) is 0 Å². The number of hydrogen-bond acceptors (Lipinski definition) is 2. The van der Waals surface area contributed by atoms with Crippen LogP contribution in [0.25, 0.3) is 0 Å². The van der Waals surface area contributed by atoms with E-state index < -0.39 is 0 Å². The quantitative estimate of drug-likeness (QED) is 0.774. The van der Waals surface area contributed by atoms with E-state index in [0.29, 0.717) is 0 Å². The molecule has 0 radical (unpaired) electrons. The second-order valence-electron chi connectivity index (χ2n) is 6.73. The van der Waals surface area contributed by atoms with Crippen LogP contribution in [-0.2, 0) is 0 Å². The van der Waals surface area contributed by atoms with Crippen molar-refractivity contribution in [3.8, 4) is 0 Å². The molecule has 18 heavy (non-hydrogen) atoms. The maximum Gasteiger partial charge on any atom is 0.00963 e. The van der Waals surface area contributed by atoms with Crippen LogP contribution in [0.2, 0.25) is 0 Å². The molecule has 2 heteroatoms. The fourth-order valence-electron chi connectivity index (χ4n) is 3.94. The van der Waals surface area contributed by atoms with E-state index in [1.165, 1.54) is 57.8 Å². The fourth-order valence-corrected chi connectivity index (χ4v) is 3.94. The second kappa shape index (κ2) is 6.91. The zero-order valence-corrected chi connectivity index (χ0v) is 12.6. The fraction of sp³-hybridized carbons (Fsp3) is 1.00. The van der Waals surface area contributed by atoms with Crippen molar-refractivity contribution in [3.63, 3.8) is 0 Å². The third-order valence-corrected chi connectivity index (χ3v) is 5.48. The summed E-state index contributed by atoms with van der Waals surface area (Å²) in [4.78, 5) is 2.74. The van der Waals surface area contributed by atoms with Crippen molar-refractivity contribution in [2.24, 2.45) is 5.92 Å². The molecule has 2 saturated carbocycles. The van der Waals surface area contributed by atoms with Gasteiger partial charge in [-0.25, -0.2) is 0 Å². The van der Waals surface area contributed by atoms with Crippen molar-refractivity contribution >= 4 is 0 Å². The smallest absolute Gasteiger partial charge is 0.00963 e. The van der Waals surface area contributed by atoms with Gasteiger partial charge >= 0.3 is 0 Å². The van der Waals surface area contributed by atoms with Crippen molar-refractivity contribution in [3.05, 3.63) is 0 Å². The average molecular weight is 252 g/mol. The predicted octanol–water partition coefficient (Wildman–Crippen LogP) is 3.42. The van der Waals surface area contributed by atoms with E-state index in [2.05, 4.69) is 31.2 Å². The van der Waals surface area contributed by atoms with Crippen molar-refractivity contribution < 1.29 is 0 Å². The van der Waals surface area contributed by atoms with Gasteiger partial charge in [0.2, 0.25) is 0 Å². The van der Waals surface area contributed by atoms with Crippen LogP contribution >= 0.6 is 0 Å². The van der Waals surface area contributed by atoms with Gasteiger partial charge in [-0.15, -0.1) is 0 Å². The lowest BCUT2D eigenvalue weighted by Gasteiger charge is -2.39. The van der Waals surface area contributed by atoms with Crippen molar-refractivity contribution in [1.82, 2.24) is 10.2 Å². The van der Waals surface area contributed by atoms with E-state index in [1.807, 2.05) is 0 Å². The monoisotopic (exact) mass is 252 g/mol. The highest BCUT2D eigenvalue weighted by molar-refractivity contribution is 4.85. The van der Waals surface area contributed by atoms with E-state index in [0.717, 1.165) is 24.0 Å². The normalized spacial score (nSPS) is 38.7. The molecule has 0 aromatic heterocycles. The minimum Gasteiger partial charge on any atom is -0.317 e. The van der Waals surface area contributed by atoms with Crippen LogP contribution in [0.5, 0.6) is 0 Å². The molecule has 0 heterocycles. The van der Waals surface area contributed by atoms with Gasteiger partial charge in [-0.1, -0.05) is 19.8 Å². The van der Waals surface area contributed by atoms with Crippen LogP contribution in [0, 0.1) is 5.92 Å². The van der Waals surface area contributed by atoms with Crippen LogP contribution in [0.3, 0.4) is 0 Å². The summed E-state index contributed by atoms with van der Waals surface area (Å²) in [6, 6.07) is 2.50. The van der Waals surface area contributed by atoms with Crippen molar-refractivity contribution in [2.45, 2.75) is 82.8 Å². The van der Waals surface area contributed by atoms with E-state index in [1.54, 1.807) is 0 Å². The largest absolute Gasteiger partial charge is 0.317 e. The SMILES string of the molecule is CNC1CCC(N(C)C2CCCC(C)CC2)CC1. The Labute approximate surface area is 114 Å². The summed E-state index contributed by atoms with van der Waals surface area (Å²) in [5.41, 5.74) is 0. The van der Waals surface area contributed by atoms with Crippen LogP contribution in [-0.4, -0.2) is 37.1 Å². The lowest BCUT2D eigenvalue weighted by molar-refractivity contribution is 0.117. The molecule has 2 aliphatic rings. The molecule has 2 nitrogen and oxygen atoms in total. The van der Waals surface area contributed by atoms with Gasteiger partial charge in [0.05, 0.1) is 0 Å². The van der Waals surface area contributed by atoms with E-state index in [-0.39, 0.29) is 0 Å². The summed E-state index contributed by atoms with van der Waals surface area (Å²) in [5, 5.41) is 3.44. The van der Waals surface area contributed by atoms with Gasteiger partial charge in [-0.05, 0) is 65.0 Å². The van der Waals surface area contributed by atoms with Gasteiger partial charge in [-0.2, -0.15) is 0 Å². The number of rotatable bonds is 3. The number of nitrogens with one attached hydrogen (secondary N) is 1. The van der Waals surface area contributed by atoms with Gasteiger partial charge in [0.15, 0.2) is 0 Å². The molecule has 0 amide bonds. The van der Waals surface area contributed by atoms with E-state index >= 15 is 0 Å². The third-order valence-electron chi connectivity index (χ3n) is 5.48. The molecule has 1 N–H and O–H groups in total. The molecule has 0 bridgehead atoms. The lowest BCUT2D eigenvalue weighted by atomic mass is 9.89. The average Bonchev–Trinajstić information content (AvgIpc) is 2.63. The molecule has 2 atom stereocenters. The maximum atomic E-state index is 3.44. The first-order valence-corrected chi connectivity index (χ1v) is 8.10. The molecule has 2 aliphatic carbocycles. The molecular weight excluding hydrogens is 220 g/mol. The number of hydrogen-bond donors (Lipinski definition) is 1. The zero-order chi connectivity index (χ0) is 13.0. The highest BCUT2D eigenvalue weighted by atomic mass is 15.2. The molecule has 0 aromatic carbocycles. The van der Waals surface area contributed by atoms with Crippen LogP contribution < -0.4 is 5.32 Å². The van der Waals surface area contributed by atoms with Gasteiger partial charge < -0.3 is 10.2 Å². The van der Waals surface area contributed by atoms with Crippen LogP contribution in [0.1, 0.15) is 64.7 Å². The standard InChI is InChI=1S/C16H32N2/c1-13-5-4-6-15(10-7-13)18(3)16-11-8-14(17-2)9-12-16/h13-17H,4-12H2,1-3H3. The molecule has 2 unspecified atom stereocenters. The molecule has 106 valence electrons. The van der Waals surface area contributed by atoms with Crippen molar-refractivity contribution in [2.75, 3.05) is 14.1 Å². The molecule has 2 fully saturated rings. The first kappa shape index (κ1) is 14.3. The maximum absolute atomic E-state index is 3.44. The molecule has 0 spiro atoms. The van der Waals surface area contributed by atoms with Crippen LogP contribution in [0.4, 0.5) is 0 Å². The van der Waals surface area contributed by atoms with E-state index in [9.17, 15) is 0 Å². The van der Waals surface area contributed by atoms with Gasteiger partial charge in [-0.3, -0.25) is 0 Å². The molecule has 0 aromatic rings. The summed E-state index contributed by atoms with van der Waals surface area (Å²) >= 11 is 0. The molecule has 2 rings (SSSR count). The van der Waals surface area contributed by atoms with Gasteiger partial charge in [0.25, 0.3) is 0 Å². The summed E-state index contributed by atoms with van der Waals surface area (Å²) in [7, 11) is 4.51. The Bertz CT molecular complexity index is 233. The summed E-state index contributed by atoms with van der Waals surface area (Å²) in [6.07, 6.45) is 12.8. The summed E-state index contributed by atoms with van der Waals surface area (Å²) < 4.78 is 0. The minimum absolute atomic E-state index is 0.781. The zero-order valence-electron chi connectivity index (χ0n) is 12.6. The Morgan fingerprint density at radius 2 is 1.44 bits per heavy atom. The predicted molar refractivity (Wildman–Crippen MR) is 78.9 cm³/mol. The highest BCUT2D eigenvalue weighted by Crippen LogP contribution is 2.30. The highest BCUT2D eigenvalue weighted by Gasteiger charge is 2.28. The molecule has 0 saturated heterocycles. The molecule has 0 aliphatic heterocycles. The second-order valence-corrected chi connectivity index (χ2v) is 6.73. The first-order valence-electron chi connectivity index (χ1n) is 8.10. The summed E-state index contributed by atoms with van der Waals surface area (Å²) in [6.45, 7) is 2.43. The Kier molecular flexibility index (Phi) is 5.50. The van der Waals surface area contributed by atoms with E-state index in [4.69, 9.17) is 0 Å². The minimum atomic E-state index is 0.781. The van der Waals surface area contributed by atoms with Gasteiger partial charge in [0, 0.05) is 18.1 Å². The lowest BCUT2D eigenvalue weighted by Crippen LogP contribution is -2.44. The molecular formula is C16H32N2. The first-order chi connectivity index (χ1) is 8.70. The third kappa shape index (κ3) is 3.71. The Morgan fingerprint density at radius 1 is 0.833 bits per heavy atom. The van der Waals surface area contributed by atoms with Crippen LogP contribution in [0.15, 0.2) is 0 Å². The Hall–Kier alpha value is -0.0800. The number of nitrogens with zero attached hydrogens (tertiary/aromatic N) is 1.